The van der Waals surface area contributed by atoms with E-state index >= 15 is 0 Å². The lowest BCUT2D eigenvalue weighted by molar-refractivity contribution is 0.0954. The van der Waals surface area contributed by atoms with Gasteiger partial charge in [-0.2, -0.15) is 5.10 Å². The molecular weight excluding hydrogens is 312 g/mol. The number of rotatable bonds is 5. The second kappa shape index (κ2) is 6.33. The minimum Gasteiger partial charge on any atom is -0.496 e. The summed E-state index contributed by atoms with van der Waals surface area (Å²) in [6.45, 7) is 0.498. The number of carbonyl (C=O) groups excluding carboxylic acids is 1. The predicted octanol–water partition coefficient (Wildman–Crippen LogP) is 1.55. The average Bonchev–Trinajstić information content (AvgIpc) is 2.91. The lowest BCUT2D eigenvalue weighted by atomic mass is 10.2. The highest BCUT2D eigenvalue weighted by molar-refractivity contribution is 9.10. The van der Waals surface area contributed by atoms with E-state index in [9.17, 15) is 4.79 Å². The molecule has 19 heavy (non-hydrogen) atoms. The van der Waals surface area contributed by atoms with Gasteiger partial charge in [-0.05, 0) is 34.1 Å². The van der Waals surface area contributed by atoms with Crippen LogP contribution in [0.5, 0.6) is 5.75 Å². The van der Waals surface area contributed by atoms with Crippen LogP contribution in [0.2, 0.25) is 0 Å². The summed E-state index contributed by atoms with van der Waals surface area (Å²) in [6, 6.07) is 5.19. The molecule has 1 amide bonds. The minimum atomic E-state index is -0.136. The van der Waals surface area contributed by atoms with Gasteiger partial charge in [-0.15, -0.1) is 0 Å². The molecule has 1 aromatic carbocycles. The summed E-state index contributed by atoms with van der Waals surface area (Å²) in [5.74, 6) is 1.30. The van der Waals surface area contributed by atoms with Crippen LogP contribution in [0, 0.1) is 0 Å². The van der Waals surface area contributed by atoms with E-state index in [0.717, 1.165) is 10.3 Å². The molecule has 2 aromatic rings. The van der Waals surface area contributed by atoms with Crippen LogP contribution in [0.15, 0.2) is 29.0 Å². The molecule has 100 valence electrons. The molecule has 2 N–H and O–H groups in total. The van der Waals surface area contributed by atoms with E-state index in [1.165, 1.54) is 6.33 Å². The maximum Gasteiger partial charge on any atom is 0.251 e. The minimum absolute atomic E-state index is 0.136. The van der Waals surface area contributed by atoms with E-state index in [-0.39, 0.29) is 5.91 Å². The maximum absolute atomic E-state index is 11.9. The lowest BCUT2D eigenvalue weighted by Gasteiger charge is -2.07. The Bertz CT molecular complexity index is 557. The van der Waals surface area contributed by atoms with E-state index in [0.29, 0.717) is 24.3 Å². The second-order valence-corrected chi connectivity index (χ2v) is 4.64. The number of nitrogens with zero attached hydrogens (tertiary/aromatic N) is 2. The molecule has 0 aliphatic heterocycles. The third kappa shape index (κ3) is 3.54. The molecule has 1 aromatic heterocycles. The van der Waals surface area contributed by atoms with Gasteiger partial charge >= 0.3 is 0 Å². The standard InChI is InChI=1S/C12H13BrN4O2/c1-19-10-3-2-8(6-9(10)13)12(18)14-5-4-11-15-7-16-17-11/h2-3,6-7H,4-5H2,1H3,(H,14,18)(H,15,16,17). The molecule has 0 spiro atoms. The molecule has 0 saturated heterocycles. The van der Waals surface area contributed by atoms with Crippen LogP contribution in [-0.4, -0.2) is 34.7 Å². The second-order valence-electron chi connectivity index (χ2n) is 3.79. The van der Waals surface area contributed by atoms with Crippen LogP contribution in [-0.2, 0) is 6.42 Å². The molecule has 0 aliphatic rings. The highest BCUT2D eigenvalue weighted by Crippen LogP contribution is 2.25. The fraction of sp³-hybridized carbons (Fsp3) is 0.250. The summed E-state index contributed by atoms with van der Waals surface area (Å²) >= 11 is 3.35. The number of aromatic nitrogens is 3. The first-order valence-corrected chi connectivity index (χ1v) is 6.46. The Hall–Kier alpha value is -1.89. The number of H-pyrrole nitrogens is 1. The van der Waals surface area contributed by atoms with Crippen LogP contribution in [0.4, 0.5) is 0 Å². The Balaban J connectivity index is 1.91. The predicted molar refractivity (Wildman–Crippen MR) is 73.1 cm³/mol. The van der Waals surface area contributed by atoms with E-state index < -0.39 is 0 Å². The number of methoxy groups -OCH3 is 1. The van der Waals surface area contributed by atoms with Crippen LogP contribution < -0.4 is 10.1 Å². The van der Waals surface area contributed by atoms with Crippen molar-refractivity contribution in [1.29, 1.82) is 0 Å². The first-order chi connectivity index (χ1) is 9.20. The third-order valence-electron chi connectivity index (χ3n) is 2.53. The van der Waals surface area contributed by atoms with Crippen molar-refractivity contribution in [2.75, 3.05) is 13.7 Å². The van der Waals surface area contributed by atoms with Crippen molar-refractivity contribution in [3.63, 3.8) is 0 Å². The quantitative estimate of drug-likeness (QED) is 0.874. The average molecular weight is 325 g/mol. The van der Waals surface area contributed by atoms with Crippen LogP contribution in [0.1, 0.15) is 16.2 Å². The van der Waals surface area contributed by atoms with E-state index in [1.54, 1.807) is 25.3 Å². The molecule has 2 rings (SSSR count). The van der Waals surface area contributed by atoms with Gasteiger partial charge in [-0.25, -0.2) is 4.98 Å². The van der Waals surface area contributed by atoms with E-state index in [2.05, 4.69) is 36.4 Å². The van der Waals surface area contributed by atoms with Crippen molar-refractivity contribution >= 4 is 21.8 Å². The Labute approximate surface area is 118 Å². The summed E-state index contributed by atoms with van der Waals surface area (Å²) in [5.41, 5.74) is 0.574. The number of benzene rings is 1. The Morgan fingerprint density at radius 3 is 3.00 bits per heavy atom. The SMILES string of the molecule is COc1ccc(C(=O)NCCc2ncn[nH]2)cc1Br. The lowest BCUT2D eigenvalue weighted by Crippen LogP contribution is -2.25. The molecule has 0 radical (unpaired) electrons. The number of hydrogen-bond donors (Lipinski definition) is 2. The van der Waals surface area contributed by atoms with E-state index in [4.69, 9.17) is 4.74 Å². The molecular formula is C12H13BrN4O2. The van der Waals surface area contributed by atoms with Gasteiger partial charge < -0.3 is 10.1 Å². The van der Waals surface area contributed by atoms with Crippen LogP contribution in [0.25, 0.3) is 0 Å². The zero-order chi connectivity index (χ0) is 13.7. The van der Waals surface area contributed by atoms with Gasteiger partial charge in [0.2, 0.25) is 0 Å². The molecule has 0 aliphatic carbocycles. The van der Waals surface area contributed by atoms with Crippen molar-refractivity contribution in [1.82, 2.24) is 20.5 Å². The normalized spacial score (nSPS) is 10.2. The number of halogens is 1. The van der Waals surface area contributed by atoms with Crippen LogP contribution >= 0.6 is 15.9 Å². The van der Waals surface area contributed by atoms with Gasteiger partial charge in [-0.3, -0.25) is 9.89 Å². The van der Waals surface area contributed by atoms with Gasteiger partial charge in [0.15, 0.2) is 0 Å². The number of amides is 1. The number of nitrogens with one attached hydrogen (secondary N) is 2. The first kappa shape index (κ1) is 13.5. The summed E-state index contributed by atoms with van der Waals surface area (Å²) in [6.07, 6.45) is 2.06. The van der Waals surface area contributed by atoms with Crippen molar-refractivity contribution in [3.8, 4) is 5.75 Å². The molecule has 0 bridgehead atoms. The van der Waals surface area contributed by atoms with E-state index in [1.807, 2.05) is 0 Å². The maximum atomic E-state index is 11.9. The largest absolute Gasteiger partial charge is 0.496 e. The molecule has 0 fully saturated rings. The molecule has 1 heterocycles. The molecule has 7 heteroatoms. The van der Waals surface area contributed by atoms with Crippen LogP contribution in [0.3, 0.4) is 0 Å². The summed E-state index contributed by atoms with van der Waals surface area (Å²) < 4.78 is 5.86. The smallest absolute Gasteiger partial charge is 0.251 e. The number of ether oxygens (including phenoxy) is 1. The zero-order valence-electron chi connectivity index (χ0n) is 10.3. The zero-order valence-corrected chi connectivity index (χ0v) is 11.9. The number of aromatic amines is 1. The molecule has 0 saturated carbocycles. The molecule has 0 atom stereocenters. The summed E-state index contributed by atoms with van der Waals surface area (Å²) in [4.78, 5) is 15.9. The molecule has 6 nitrogen and oxygen atoms in total. The number of carbonyl (C=O) groups is 1. The van der Waals surface area contributed by atoms with Gasteiger partial charge in [0, 0.05) is 18.5 Å². The Morgan fingerprint density at radius 1 is 1.53 bits per heavy atom. The Kier molecular flexibility index (Phi) is 4.51. The van der Waals surface area contributed by atoms with Crippen molar-refractivity contribution in [3.05, 3.63) is 40.4 Å². The van der Waals surface area contributed by atoms with Crippen molar-refractivity contribution in [2.45, 2.75) is 6.42 Å². The fourth-order valence-electron chi connectivity index (χ4n) is 1.56. The molecule has 0 unspecified atom stereocenters. The van der Waals surface area contributed by atoms with Gasteiger partial charge in [0.1, 0.15) is 17.9 Å². The van der Waals surface area contributed by atoms with Gasteiger partial charge in [-0.1, -0.05) is 0 Å². The highest BCUT2D eigenvalue weighted by Gasteiger charge is 2.08. The highest BCUT2D eigenvalue weighted by atomic mass is 79.9. The topological polar surface area (TPSA) is 79.9 Å². The third-order valence-corrected chi connectivity index (χ3v) is 3.15. The summed E-state index contributed by atoms with van der Waals surface area (Å²) in [5, 5.41) is 9.29. The number of hydrogen-bond acceptors (Lipinski definition) is 4. The van der Waals surface area contributed by atoms with Crippen molar-refractivity contribution < 1.29 is 9.53 Å². The fourth-order valence-corrected chi connectivity index (χ4v) is 2.10. The van der Waals surface area contributed by atoms with Crippen molar-refractivity contribution in [2.24, 2.45) is 0 Å². The monoisotopic (exact) mass is 324 g/mol. The van der Waals surface area contributed by atoms with Gasteiger partial charge in [0.05, 0.1) is 11.6 Å². The van der Waals surface area contributed by atoms with Gasteiger partial charge in [0.25, 0.3) is 5.91 Å². The Morgan fingerprint density at radius 2 is 2.37 bits per heavy atom. The first-order valence-electron chi connectivity index (χ1n) is 5.66. The summed E-state index contributed by atoms with van der Waals surface area (Å²) in [7, 11) is 1.58.